The van der Waals surface area contributed by atoms with Crippen LogP contribution in [0.1, 0.15) is 11.4 Å². The predicted molar refractivity (Wildman–Crippen MR) is 92.0 cm³/mol. The summed E-state index contributed by atoms with van der Waals surface area (Å²) >= 11 is 0. The van der Waals surface area contributed by atoms with Crippen molar-refractivity contribution in [2.24, 2.45) is 0 Å². The number of nitrogen functional groups attached to an aromatic ring is 1. The molecule has 0 bridgehead atoms. The van der Waals surface area contributed by atoms with Gasteiger partial charge in [0, 0.05) is 18.0 Å². The molecule has 0 fully saturated rings. The lowest BCUT2D eigenvalue weighted by atomic mass is 10.1. The third-order valence-electron chi connectivity index (χ3n) is 3.29. The summed E-state index contributed by atoms with van der Waals surface area (Å²) < 4.78 is 0. The summed E-state index contributed by atoms with van der Waals surface area (Å²) in [6.07, 6.45) is 6.17. The third kappa shape index (κ3) is 3.16. The van der Waals surface area contributed by atoms with Gasteiger partial charge in [0.05, 0.1) is 17.1 Å². The SMILES string of the molecule is Cc1cccc(-c2nc(/C=C\C=N)[nH]c2-c2ccnc(N)n2)c1. The molecule has 2 aromatic heterocycles. The van der Waals surface area contributed by atoms with Crippen LogP contribution in [0.15, 0.2) is 42.6 Å². The highest BCUT2D eigenvalue weighted by atomic mass is 15.0. The van der Waals surface area contributed by atoms with E-state index in [-0.39, 0.29) is 5.95 Å². The minimum Gasteiger partial charge on any atom is -0.368 e. The van der Waals surface area contributed by atoms with Crippen molar-refractivity contribution in [2.45, 2.75) is 6.92 Å². The summed E-state index contributed by atoms with van der Waals surface area (Å²) in [6, 6.07) is 9.88. The van der Waals surface area contributed by atoms with Gasteiger partial charge in [0.15, 0.2) is 0 Å². The Balaban J connectivity index is 2.18. The summed E-state index contributed by atoms with van der Waals surface area (Å²) in [5, 5.41) is 7.11. The molecular formula is C17H16N6. The van der Waals surface area contributed by atoms with Crippen LogP contribution in [0.2, 0.25) is 0 Å². The number of nitrogens with one attached hydrogen (secondary N) is 2. The van der Waals surface area contributed by atoms with Gasteiger partial charge in [-0.1, -0.05) is 23.8 Å². The van der Waals surface area contributed by atoms with Crippen LogP contribution in [0.4, 0.5) is 5.95 Å². The summed E-state index contributed by atoms with van der Waals surface area (Å²) in [7, 11) is 0. The molecule has 0 aliphatic carbocycles. The van der Waals surface area contributed by atoms with Gasteiger partial charge < -0.3 is 16.1 Å². The molecule has 0 spiro atoms. The fraction of sp³-hybridized carbons (Fsp3) is 0.0588. The maximum absolute atomic E-state index is 7.11. The van der Waals surface area contributed by atoms with E-state index in [2.05, 4.69) is 26.0 Å². The molecule has 0 amide bonds. The highest BCUT2D eigenvalue weighted by Gasteiger charge is 2.14. The van der Waals surface area contributed by atoms with Gasteiger partial charge in [-0.05, 0) is 31.2 Å². The van der Waals surface area contributed by atoms with Gasteiger partial charge in [-0.25, -0.2) is 15.0 Å². The van der Waals surface area contributed by atoms with Crippen molar-refractivity contribution >= 4 is 18.2 Å². The van der Waals surface area contributed by atoms with E-state index in [1.807, 2.05) is 25.1 Å². The lowest BCUT2D eigenvalue weighted by molar-refractivity contribution is 1.17. The van der Waals surface area contributed by atoms with Crippen LogP contribution < -0.4 is 5.73 Å². The molecule has 0 aliphatic rings. The molecule has 114 valence electrons. The molecule has 0 unspecified atom stereocenters. The lowest BCUT2D eigenvalue weighted by Gasteiger charge is -2.04. The Morgan fingerprint density at radius 2 is 2.09 bits per heavy atom. The van der Waals surface area contributed by atoms with E-state index in [4.69, 9.17) is 11.1 Å². The number of imidazole rings is 1. The van der Waals surface area contributed by atoms with Crippen molar-refractivity contribution < 1.29 is 0 Å². The average Bonchev–Trinajstić information content (AvgIpc) is 2.97. The Morgan fingerprint density at radius 3 is 2.83 bits per heavy atom. The molecule has 23 heavy (non-hydrogen) atoms. The van der Waals surface area contributed by atoms with Crippen LogP contribution in [0.25, 0.3) is 28.7 Å². The number of hydrogen-bond donors (Lipinski definition) is 3. The van der Waals surface area contributed by atoms with Crippen molar-refractivity contribution in [1.29, 1.82) is 5.41 Å². The third-order valence-corrected chi connectivity index (χ3v) is 3.29. The summed E-state index contributed by atoms with van der Waals surface area (Å²) in [5.41, 5.74) is 10.1. The second-order valence-corrected chi connectivity index (χ2v) is 5.04. The Labute approximate surface area is 133 Å². The summed E-state index contributed by atoms with van der Waals surface area (Å²) in [5.74, 6) is 0.862. The van der Waals surface area contributed by atoms with Crippen LogP contribution >= 0.6 is 0 Å². The Kier molecular flexibility index (Phi) is 3.97. The monoisotopic (exact) mass is 304 g/mol. The van der Waals surface area contributed by atoms with Crippen LogP contribution in [0, 0.1) is 12.3 Å². The van der Waals surface area contributed by atoms with Gasteiger partial charge in [0.25, 0.3) is 0 Å². The number of aryl methyl sites for hydroxylation is 1. The quantitative estimate of drug-likeness (QED) is 0.644. The van der Waals surface area contributed by atoms with Gasteiger partial charge in [-0.3, -0.25) is 0 Å². The van der Waals surface area contributed by atoms with E-state index in [9.17, 15) is 0 Å². The van der Waals surface area contributed by atoms with Crippen LogP contribution in [0.5, 0.6) is 0 Å². The van der Waals surface area contributed by atoms with Crippen LogP contribution in [-0.4, -0.2) is 26.2 Å². The van der Waals surface area contributed by atoms with Crippen molar-refractivity contribution in [2.75, 3.05) is 5.73 Å². The number of rotatable bonds is 4. The second kappa shape index (κ2) is 6.23. The van der Waals surface area contributed by atoms with Gasteiger partial charge in [0.1, 0.15) is 5.82 Å². The molecule has 1 aromatic carbocycles. The minimum absolute atomic E-state index is 0.212. The standard InChI is InChI=1S/C17H16N6/c1-11-4-2-5-12(10-11)15-16(13-7-9-20-17(19)21-13)23-14(22-15)6-3-8-18/h2-10,18H,1H3,(H,22,23)(H2,19,20,21)/b6-3-,18-8?. The number of aromatic nitrogens is 4. The largest absolute Gasteiger partial charge is 0.368 e. The zero-order valence-corrected chi connectivity index (χ0v) is 12.6. The fourth-order valence-electron chi connectivity index (χ4n) is 2.31. The van der Waals surface area contributed by atoms with Crippen LogP contribution in [0.3, 0.4) is 0 Å². The highest BCUT2D eigenvalue weighted by molar-refractivity contribution is 5.80. The number of benzene rings is 1. The maximum atomic E-state index is 7.11. The first-order valence-electron chi connectivity index (χ1n) is 7.10. The molecule has 0 radical (unpaired) electrons. The fourth-order valence-corrected chi connectivity index (χ4v) is 2.31. The first-order valence-corrected chi connectivity index (χ1v) is 7.10. The molecule has 6 heteroatoms. The van der Waals surface area contributed by atoms with Gasteiger partial charge in [0.2, 0.25) is 5.95 Å². The van der Waals surface area contributed by atoms with Crippen molar-refractivity contribution in [3.05, 3.63) is 54.0 Å². The van der Waals surface area contributed by atoms with E-state index in [1.54, 1.807) is 24.4 Å². The Bertz CT molecular complexity index is 815. The number of nitrogens with zero attached hydrogens (tertiary/aromatic N) is 3. The lowest BCUT2D eigenvalue weighted by Crippen LogP contribution is -1.96. The molecule has 0 atom stereocenters. The Hall–Kier alpha value is -3.28. The minimum atomic E-state index is 0.212. The normalized spacial score (nSPS) is 11.0. The number of aromatic amines is 1. The average molecular weight is 304 g/mol. The first-order chi connectivity index (χ1) is 11.2. The summed E-state index contributed by atoms with van der Waals surface area (Å²) in [4.78, 5) is 16.0. The molecule has 3 rings (SSSR count). The highest BCUT2D eigenvalue weighted by Crippen LogP contribution is 2.29. The number of nitrogens with two attached hydrogens (primary N) is 1. The van der Waals surface area contributed by atoms with Crippen molar-refractivity contribution in [3.8, 4) is 22.6 Å². The number of H-pyrrole nitrogens is 1. The molecule has 4 N–H and O–H groups in total. The van der Waals surface area contributed by atoms with E-state index < -0.39 is 0 Å². The van der Waals surface area contributed by atoms with Gasteiger partial charge in [-0.15, -0.1) is 0 Å². The predicted octanol–water partition coefficient (Wildman–Crippen LogP) is 3.09. The summed E-state index contributed by atoms with van der Waals surface area (Å²) in [6.45, 7) is 2.04. The maximum Gasteiger partial charge on any atom is 0.220 e. The molecule has 0 saturated carbocycles. The zero-order valence-electron chi connectivity index (χ0n) is 12.6. The molecule has 2 heterocycles. The first kappa shape index (κ1) is 14.6. The van der Waals surface area contributed by atoms with Crippen molar-refractivity contribution in [3.63, 3.8) is 0 Å². The topological polar surface area (TPSA) is 104 Å². The number of hydrogen-bond acceptors (Lipinski definition) is 5. The van der Waals surface area contributed by atoms with Crippen LogP contribution in [-0.2, 0) is 0 Å². The molecule has 3 aromatic rings. The van der Waals surface area contributed by atoms with Crippen molar-refractivity contribution in [1.82, 2.24) is 19.9 Å². The number of anilines is 1. The van der Waals surface area contributed by atoms with Gasteiger partial charge >= 0.3 is 0 Å². The zero-order chi connectivity index (χ0) is 16.2. The van der Waals surface area contributed by atoms with Gasteiger partial charge in [-0.2, -0.15) is 0 Å². The Morgan fingerprint density at radius 1 is 1.22 bits per heavy atom. The second-order valence-electron chi connectivity index (χ2n) is 5.04. The van der Waals surface area contributed by atoms with E-state index in [0.717, 1.165) is 22.5 Å². The molecule has 0 saturated heterocycles. The number of allylic oxidation sites excluding steroid dienone is 1. The van der Waals surface area contributed by atoms with E-state index in [1.165, 1.54) is 6.21 Å². The smallest absolute Gasteiger partial charge is 0.220 e. The van der Waals surface area contributed by atoms with E-state index >= 15 is 0 Å². The molecule has 0 aliphatic heterocycles. The molecular weight excluding hydrogens is 288 g/mol. The van der Waals surface area contributed by atoms with E-state index in [0.29, 0.717) is 11.5 Å². The molecule has 6 nitrogen and oxygen atoms in total.